The number of urea groups is 1. The number of nitrogens with one attached hydrogen (secondary N) is 2. The lowest BCUT2D eigenvalue weighted by molar-refractivity contribution is -0.154. The van der Waals surface area contributed by atoms with Crippen molar-refractivity contribution in [3.63, 3.8) is 0 Å². The Morgan fingerprint density at radius 1 is 0.933 bits per heavy atom. The van der Waals surface area contributed by atoms with E-state index in [1.807, 2.05) is 0 Å². The molecule has 1 heterocycles. The molecule has 0 aliphatic carbocycles. The smallest absolute Gasteiger partial charge is 0.325 e. The van der Waals surface area contributed by atoms with Gasteiger partial charge in [0, 0.05) is 12.2 Å². The minimum atomic E-state index is -1.23. The average molecular weight is 409 g/mol. The Hall–Kier alpha value is -4.01. The molecular formula is C21H19N3O6. The topological polar surface area (TPSA) is 122 Å². The quantitative estimate of drug-likeness (QED) is 0.556. The molecule has 1 atom stereocenters. The molecule has 1 unspecified atom stereocenters. The molecule has 2 aromatic rings. The number of hydrogen-bond acceptors (Lipinski definition) is 6. The number of ether oxygens (including phenoxy) is 1. The van der Waals surface area contributed by atoms with Crippen LogP contribution in [-0.2, 0) is 14.3 Å². The first kappa shape index (κ1) is 20.7. The lowest BCUT2D eigenvalue weighted by atomic mass is 10.1. The van der Waals surface area contributed by atoms with Gasteiger partial charge >= 0.3 is 12.0 Å². The normalized spacial score (nSPS) is 13.4. The van der Waals surface area contributed by atoms with Gasteiger partial charge in [0.15, 0.2) is 6.10 Å². The van der Waals surface area contributed by atoms with E-state index in [-0.39, 0.29) is 24.1 Å². The Morgan fingerprint density at radius 2 is 1.50 bits per heavy atom. The number of anilines is 1. The molecule has 3 rings (SSSR count). The Balaban J connectivity index is 1.45. The van der Waals surface area contributed by atoms with Crippen LogP contribution in [0, 0.1) is 0 Å². The van der Waals surface area contributed by atoms with E-state index in [0.717, 1.165) is 4.90 Å². The van der Waals surface area contributed by atoms with Gasteiger partial charge < -0.3 is 10.1 Å². The van der Waals surface area contributed by atoms with Gasteiger partial charge in [-0.1, -0.05) is 30.3 Å². The first-order chi connectivity index (χ1) is 14.4. The standard InChI is InChI=1S/C21H19N3O6/c1-13(18(26)23-21(29)22-14-7-3-2-4-8-14)30-17(25)11-12-24-19(27)15-9-5-6-10-16(15)20(24)28/h2-10,13H,11-12H2,1H3,(H2,22,23,26,29). The summed E-state index contributed by atoms with van der Waals surface area (Å²) in [5.41, 5.74) is 1.06. The maximum atomic E-state index is 12.3. The van der Waals surface area contributed by atoms with Crippen LogP contribution in [0.25, 0.3) is 0 Å². The highest BCUT2D eigenvalue weighted by Crippen LogP contribution is 2.22. The summed E-state index contributed by atoms with van der Waals surface area (Å²) < 4.78 is 4.99. The first-order valence-electron chi connectivity index (χ1n) is 9.18. The van der Waals surface area contributed by atoms with E-state index in [9.17, 15) is 24.0 Å². The number of fused-ring (bicyclic) bond motifs is 1. The first-order valence-corrected chi connectivity index (χ1v) is 9.18. The van der Waals surface area contributed by atoms with Gasteiger partial charge in [0.05, 0.1) is 17.5 Å². The summed E-state index contributed by atoms with van der Waals surface area (Å²) in [5.74, 6) is -2.55. The van der Waals surface area contributed by atoms with Crippen LogP contribution >= 0.6 is 0 Å². The van der Waals surface area contributed by atoms with Gasteiger partial charge in [-0.2, -0.15) is 0 Å². The van der Waals surface area contributed by atoms with Crippen LogP contribution < -0.4 is 10.6 Å². The number of nitrogens with zero attached hydrogens (tertiary/aromatic N) is 1. The second kappa shape index (κ2) is 8.99. The summed E-state index contributed by atoms with van der Waals surface area (Å²) in [4.78, 5) is 61.4. The third kappa shape index (κ3) is 4.69. The Kier molecular flexibility index (Phi) is 6.21. The lowest BCUT2D eigenvalue weighted by Gasteiger charge is -2.16. The van der Waals surface area contributed by atoms with E-state index in [1.54, 1.807) is 54.6 Å². The fraction of sp³-hybridized carbons (Fsp3) is 0.190. The number of carbonyl (C=O) groups is 5. The monoisotopic (exact) mass is 409 g/mol. The van der Waals surface area contributed by atoms with Crippen LogP contribution in [0.2, 0.25) is 0 Å². The van der Waals surface area contributed by atoms with Gasteiger partial charge in [0.2, 0.25) is 0 Å². The van der Waals surface area contributed by atoms with Crippen molar-refractivity contribution in [3.05, 3.63) is 65.7 Å². The van der Waals surface area contributed by atoms with Crippen LogP contribution in [-0.4, -0.2) is 47.3 Å². The summed E-state index contributed by atoms with van der Waals surface area (Å²) >= 11 is 0. The number of amides is 5. The predicted molar refractivity (Wildman–Crippen MR) is 106 cm³/mol. The summed E-state index contributed by atoms with van der Waals surface area (Å²) in [7, 11) is 0. The fourth-order valence-electron chi connectivity index (χ4n) is 2.85. The van der Waals surface area contributed by atoms with Crippen molar-refractivity contribution in [1.82, 2.24) is 10.2 Å². The number of carbonyl (C=O) groups excluding carboxylic acids is 5. The number of imide groups is 2. The van der Waals surface area contributed by atoms with Crippen LogP contribution in [0.4, 0.5) is 10.5 Å². The maximum Gasteiger partial charge on any atom is 0.325 e. The number of benzene rings is 2. The largest absolute Gasteiger partial charge is 0.452 e. The van der Waals surface area contributed by atoms with Gasteiger partial charge in [-0.3, -0.25) is 29.4 Å². The molecule has 9 heteroatoms. The molecule has 1 aliphatic rings. The zero-order chi connectivity index (χ0) is 21.7. The van der Waals surface area contributed by atoms with Crippen molar-refractivity contribution in [1.29, 1.82) is 0 Å². The van der Waals surface area contributed by atoms with Crippen LogP contribution in [0.1, 0.15) is 34.1 Å². The molecule has 2 aromatic carbocycles. The van der Waals surface area contributed by atoms with Crippen molar-refractivity contribution < 1.29 is 28.7 Å². The second-order valence-electron chi connectivity index (χ2n) is 6.50. The third-order valence-electron chi connectivity index (χ3n) is 4.36. The van der Waals surface area contributed by atoms with Gasteiger partial charge in [-0.05, 0) is 31.2 Å². The molecule has 0 radical (unpaired) electrons. The summed E-state index contributed by atoms with van der Waals surface area (Å²) in [6.45, 7) is 1.14. The molecule has 0 bridgehead atoms. The maximum absolute atomic E-state index is 12.3. The van der Waals surface area contributed by atoms with Crippen molar-refractivity contribution in [2.75, 3.05) is 11.9 Å². The highest BCUT2D eigenvalue weighted by Gasteiger charge is 2.35. The summed E-state index contributed by atoms with van der Waals surface area (Å²) in [6, 6.07) is 14.1. The van der Waals surface area contributed by atoms with Gasteiger partial charge in [0.25, 0.3) is 17.7 Å². The Morgan fingerprint density at radius 3 is 2.10 bits per heavy atom. The molecule has 1 aliphatic heterocycles. The zero-order valence-corrected chi connectivity index (χ0v) is 16.1. The molecule has 2 N–H and O–H groups in total. The molecular weight excluding hydrogens is 390 g/mol. The van der Waals surface area contributed by atoms with Gasteiger partial charge in [-0.15, -0.1) is 0 Å². The minimum Gasteiger partial charge on any atom is -0.452 e. The SMILES string of the molecule is CC(OC(=O)CCN1C(=O)c2ccccc2C1=O)C(=O)NC(=O)Nc1ccccc1. The van der Waals surface area contributed by atoms with Gasteiger partial charge in [0.1, 0.15) is 0 Å². The van der Waals surface area contributed by atoms with E-state index < -0.39 is 35.8 Å². The van der Waals surface area contributed by atoms with Crippen molar-refractivity contribution in [2.24, 2.45) is 0 Å². The van der Waals surface area contributed by atoms with Crippen molar-refractivity contribution in [3.8, 4) is 0 Å². The molecule has 9 nitrogen and oxygen atoms in total. The highest BCUT2D eigenvalue weighted by atomic mass is 16.5. The molecule has 30 heavy (non-hydrogen) atoms. The molecule has 5 amide bonds. The lowest BCUT2D eigenvalue weighted by Crippen LogP contribution is -2.42. The van der Waals surface area contributed by atoms with Crippen LogP contribution in [0.5, 0.6) is 0 Å². The van der Waals surface area contributed by atoms with Crippen molar-refractivity contribution >= 4 is 35.4 Å². The molecule has 154 valence electrons. The van der Waals surface area contributed by atoms with E-state index >= 15 is 0 Å². The predicted octanol–water partition coefficient (Wildman–Crippen LogP) is 1.95. The minimum absolute atomic E-state index is 0.173. The molecule has 0 saturated carbocycles. The molecule has 0 saturated heterocycles. The molecule has 0 aromatic heterocycles. The second-order valence-corrected chi connectivity index (χ2v) is 6.50. The number of esters is 1. The van der Waals surface area contributed by atoms with Crippen LogP contribution in [0.3, 0.4) is 0 Å². The van der Waals surface area contributed by atoms with Gasteiger partial charge in [-0.25, -0.2) is 4.79 Å². The fourth-order valence-corrected chi connectivity index (χ4v) is 2.85. The summed E-state index contributed by atoms with van der Waals surface area (Å²) in [5, 5.41) is 4.54. The highest BCUT2D eigenvalue weighted by molar-refractivity contribution is 6.21. The molecule has 0 fully saturated rings. The van der Waals surface area contributed by atoms with E-state index in [1.165, 1.54) is 6.92 Å². The average Bonchev–Trinajstić information content (AvgIpc) is 2.97. The van der Waals surface area contributed by atoms with E-state index in [2.05, 4.69) is 10.6 Å². The molecule has 0 spiro atoms. The number of hydrogen-bond donors (Lipinski definition) is 2. The third-order valence-corrected chi connectivity index (χ3v) is 4.36. The van der Waals surface area contributed by atoms with E-state index in [0.29, 0.717) is 5.69 Å². The zero-order valence-electron chi connectivity index (χ0n) is 16.1. The summed E-state index contributed by atoms with van der Waals surface area (Å²) in [6.07, 6.45) is -1.51. The van der Waals surface area contributed by atoms with Crippen molar-refractivity contribution in [2.45, 2.75) is 19.4 Å². The van der Waals surface area contributed by atoms with Crippen LogP contribution in [0.15, 0.2) is 54.6 Å². The Labute approximate surface area is 172 Å². The van der Waals surface area contributed by atoms with E-state index in [4.69, 9.17) is 4.74 Å². The number of rotatable bonds is 6. The Bertz CT molecular complexity index is 970. The number of para-hydroxylation sites is 1.